The molecule has 5 nitrogen and oxygen atoms in total. The van der Waals surface area contributed by atoms with Gasteiger partial charge in [-0.05, 0) is 19.3 Å². The molecule has 4 N–H and O–H groups in total. The number of aliphatic hydroxyl groups is 3. The maximum atomic E-state index is 12.5. The SMILES string of the molecule is CCCCCCCCCCCCCCCCCC/C=C/C(O)C(CO)NC(=O)CC(O)CCCCCCCCCCCCCCCCCCCCCCCCCCCCCCCCC. The van der Waals surface area contributed by atoms with E-state index in [0.717, 1.165) is 25.7 Å². The van der Waals surface area contributed by atoms with Crippen LogP contribution in [-0.2, 0) is 4.79 Å². The van der Waals surface area contributed by atoms with Crippen LogP contribution in [0.25, 0.3) is 0 Å². The second-order valence-electron chi connectivity index (χ2n) is 20.6. The number of rotatable bonds is 55. The van der Waals surface area contributed by atoms with Crippen molar-refractivity contribution in [1.29, 1.82) is 0 Å². The average Bonchev–Trinajstić information content (AvgIpc) is 3.29. The summed E-state index contributed by atoms with van der Waals surface area (Å²) in [7, 11) is 0. The predicted octanol–water partition coefficient (Wildman–Crippen LogP) is 18.3. The maximum absolute atomic E-state index is 12.5. The molecule has 0 spiro atoms. The number of unbranched alkanes of at least 4 members (excludes halogenated alkanes) is 46. The summed E-state index contributed by atoms with van der Waals surface area (Å²) in [5, 5.41) is 33.5. The maximum Gasteiger partial charge on any atom is 0.222 e. The van der Waals surface area contributed by atoms with Crippen molar-refractivity contribution in [3.63, 3.8) is 0 Å². The average molecular weight is 905 g/mol. The Morgan fingerprint density at radius 1 is 0.391 bits per heavy atom. The topological polar surface area (TPSA) is 89.8 Å². The molecule has 64 heavy (non-hydrogen) atoms. The van der Waals surface area contributed by atoms with Crippen molar-refractivity contribution in [2.24, 2.45) is 0 Å². The molecule has 0 saturated heterocycles. The first-order valence-corrected chi connectivity index (χ1v) is 29.5. The van der Waals surface area contributed by atoms with Crippen molar-refractivity contribution in [2.45, 2.75) is 353 Å². The van der Waals surface area contributed by atoms with Crippen molar-refractivity contribution in [3.8, 4) is 0 Å². The lowest BCUT2D eigenvalue weighted by Crippen LogP contribution is -2.45. The van der Waals surface area contributed by atoms with Crippen LogP contribution in [0.2, 0.25) is 0 Å². The summed E-state index contributed by atoms with van der Waals surface area (Å²) in [6, 6.07) is -0.741. The van der Waals surface area contributed by atoms with Crippen LogP contribution in [0.5, 0.6) is 0 Å². The van der Waals surface area contributed by atoms with Gasteiger partial charge in [0.1, 0.15) is 0 Å². The molecule has 0 aromatic heterocycles. The highest BCUT2D eigenvalue weighted by atomic mass is 16.3. The first kappa shape index (κ1) is 63.1. The highest BCUT2D eigenvalue weighted by Gasteiger charge is 2.20. The molecule has 0 aromatic rings. The van der Waals surface area contributed by atoms with Gasteiger partial charge in [0.15, 0.2) is 0 Å². The smallest absolute Gasteiger partial charge is 0.222 e. The standard InChI is InChI=1S/C59H117NO4/c1-3-5-7-9-11-13-15-17-19-21-23-24-25-26-27-28-29-30-31-32-33-34-35-36-38-40-42-44-46-48-50-52-56(62)54-59(64)60-57(55-61)58(63)53-51-49-47-45-43-41-39-37-22-20-18-16-14-12-10-8-6-4-2/h51,53,56-58,61-63H,3-50,52,54-55H2,1-2H3,(H,60,64)/b53-51+. The Labute approximate surface area is 401 Å². The Kier molecular flexibility index (Phi) is 53.9. The van der Waals surface area contributed by atoms with Crippen molar-refractivity contribution >= 4 is 5.91 Å². The molecule has 0 bridgehead atoms. The molecule has 0 aromatic carbocycles. The van der Waals surface area contributed by atoms with Gasteiger partial charge >= 0.3 is 0 Å². The Bertz CT molecular complexity index is 909. The molecular formula is C59H117NO4. The Morgan fingerprint density at radius 2 is 0.641 bits per heavy atom. The van der Waals surface area contributed by atoms with Gasteiger partial charge in [-0.1, -0.05) is 321 Å². The number of hydrogen-bond donors (Lipinski definition) is 4. The highest BCUT2D eigenvalue weighted by Crippen LogP contribution is 2.18. The highest BCUT2D eigenvalue weighted by molar-refractivity contribution is 5.76. The van der Waals surface area contributed by atoms with Crippen LogP contribution in [0.3, 0.4) is 0 Å². The van der Waals surface area contributed by atoms with E-state index >= 15 is 0 Å². The van der Waals surface area contributed by atoms with Crippen molar-refractivity contribution < 1.29 is 20.1 Å². The molecule has 5 heteroatoms. The molecule has 382 valence electrons. The third-order valence-electron chi connectivity index (χ3n) is 14.1. The van der Waals surface area contributed by atoms with Gasteiger partial charge in [0, 0.05) is 0 Å². The molecule has 3 atom stereocenters. The second kappa shape index (κ2) is 54.7. The summed E-state index contributed by atoms with van der Waals surface area (Å²) >= 11 is 0. The molecule has 0 aliphatic rings. The number of allylic oxidation sites excluding steroid dienone is 1. The van der Waals surface area contributed by atoms with Gasteiger partial charge in [0.05, 0.1) is 31.3 Å². The zero-order valence-corrected chi connectivity index (χ0v) is 43.7. The van der Waals surface area contributed by atoms with E-state index in [9.17, 15) is 20.1 Å². The normalized spacial score (nSPS) is 13.3. The van der Waals surface area contributed by atoms with Crippen LogP contribution < -0.4 is 5.32 Å². The number of hydrogen-bond acceptors (Lipinski definition) is 4. The zero-order chi connectivity index (χ0) is 46.5. The largest absolute Gasteiger partial charge is 0.394 e. The van der Waals surface area contributed by atoms with Crippen LogP contribution in [0.15, 0.2) is 12.2 Å². The predicted molar refractivity (Wildman–Crippen MR) is 282 cm³/mol. The second-order valence-corrected chi connectivity index (χ2v) is 20.6. The van der Waals surface area contributed by atoms with E-state index in [1.165, 1.54) is 283 Å². The fourth-order valence-corrected chi connectivity index (χ4v) is 9.58. The van der Waals surface area contributed by atoms with Crippen LogP contribution in [-0.4, -0.2) is 46.1 Å². The number of aliphatic hydroxyl groups excluding tert-OH is 3. The molecule has 0 heterocycles. The van der Waals surface area contributed by atoms with E-state index < -0.39 is 18.2 Å². The minimum atomic E-state index is -0.926. The number of nitrogens with one attached hydrogen (secondary N) is 1. The van der Waals surface area contributed by atoms with Crippen LogP contribution in [0, 0.1) is 0 Å². The molecule has 0 saturated carbocycles. The zero-order valence-electron chi connectivity index (χ0n) is 43.7. The Morgan fingerprint density at radius 3 is 0.906 bits per heavy atom. The molecular weight excluding hydrogens is 787 g/mol. The van der Waals surface area contributed by atoms with Crippen LogP contribution >= 0.6 is 0 Å². The van der Waals surface area contributed by atoms with Crippen molar-refractivity contribution in [3.05, 3.63) is 12.2 Å². The molecule has 0 aliphatic carbocycles. The third kappa shape index (κ3) is 50.5. The number of carbonyl (C=O) groups excluding carboxylic acids is 1. The lowest BCUT2D eigenvalue weighted by atomic mass is 10.0. The van der Waals surface area contributed by atoms with E-state index in [2.05, 4.69) is 19.2 Å². The van der Waals surface area contributed by atoms with Gasteiger partial charge in [-0.25, -0.2) is 0 Å². The molecule has 1 amide bonds. The van der Waals surface area contributed by atoms with Crippen molar-refractivity contribution in [2.75, 3.05) is 6.61 Å². The van der Waals surface area contributed by atoms with Gasteiger partial charge in [0.2, 0.25) is 5.91 Å². The van der Waals surface area contributed by atoms with Gasteiger partial charge in [-0.2, -0.15) is 0 Å². The lowest BCUT2D eigenvalue weighted by Gasteiger charge is -2.21. The molecule has 0 radical (unpaired) electrons. The molecule has 3 unspecified atom stereocenters. The van der Waals surface area contributed by atoms with Gasteiger partial charge in [-0.15, -0.1) is 0 Å². The number of amides is 1. The monoisotopic (exact) mass is 904 g/mol. The van der Waals surface area contributed by atoms with Crippen LogP contribution in [0.1, 0.15) is 335 Å². The Hall–Kier alpha value is -0.910. The fraction of sp³-hybridized carbons (Fsp3) is 0.949. The van der Waals surface area contributed by atoms with Crippen molar-refractivity contribution in [1.82, 2.24) is 5.32 Å². The van der Waals surface area contributed by atoms with E-state index in [1.807, 2.05) is 6.08 Å². The molecule has 0 rings (SSSR count). The van der Waals surface area contributed by atoms with Crippen LogP contribution in [0.4, 0.5) is 0 Å². The fourth-order valence-electron chi connectivity index (χ4n) is 9.58. The lowest BCUT2D eigenvalue weighted by molar-refractivity contribution is -0.124. The Balaban J connectivity index is 3.48. The molecule has 0 aliphatic heterocycles. The summed E-state index contributed by atoms with van der Waals surface area (Å²) in [4.78, 5) is 12.5. The van der Waals surface area contributed by atoms with E-state index in [0.29, 0.717) is 6.42 Å². The summed E-state index contributed by atoms with van der Waals surface area (Å²) in [6.45, 7) is 4.26. The summed E-state index contributed by atoms with van der Waals surface area (Å²) < 4.78 is 0. The minimum Gasteiger partial charge on any atom is -0.394 e. The van der Waals surface area contributed by atoms with E-state index in [1.54, 1.807) is 6.08 Å². The van der Waals surface area contributed by atoms with Gasteiger partial charge in [0.25, 0.3) is 0 Å². The first-order valence-electron chi connectivity index (χ1n) is 29.5. The van der Waals surface area contributed by atoms with E-state index in [-0.39, 0.29) is 18.9 Å². The first-order chi connectivity index (χ1) is 31.5. The quantitative estimate of drug-likeness (QED) is 0.0362. The molecule has 0 fully saturated rings. The summed E-state index contributed by atoms with van der Waals surface area (Å²) in [5.41, 5.74) is 0. The summed E-state index contributed by atoms with van der Waals surface area (Å²) in [6.07, 6.45) is 68.5. The van der Waals surface area contributed by atoms with E-state index in [4.69, 9.17) is 0 Å². The minimum absolute atomic E-state index is 0.0196. The van der Waals surface area contributed by atoms with Gasteiger partial charge < -0.3 is 20.6 Å². The van der Waals surface area contributed by atoms with Gasteiger partial charge in [-0.3, -0.25) is 4.79 Å². The third-order valence-corrected chi connectivity index (χ3v) is 14.1. The summed E-state index contributed by atoms with van der Waals surface area (Å²) in [5.74, 6) is -0.308. The number of carbonyl (C=O) groups is 1.